The molecule has 1 rings (SSSR count). The van der Waals surface area contributed by atoms with Gasteiger partial charge in [0.25, 0.3) is 0 Å². The van der Waals surface area contributed by atoms with E-state index < -0.39 is 0 Å². The normalized spacial score (nSPS) is 11.1. The third kappa shape index (κ3) is 6.44. The maximum atomic E-state index is 5.73. The summed E-state index contributed by atoms with van der Waals surface area (Å²) in [6, 6.07) is 6.11. The first-order valence-electron chi connectivity index (χ1n) is 7.31. The highest BCUT2D eigenvalue weighted by Crippen LogP contribution is 2.21. The Kier molecular flexibility index (Phi) is 9.01. The maximum Gasteiger partial charge on any atom is 0.123 e. The van der Waals surface area contributed by atoms with Crippen molar-refractivity contribution >= 4 is 0 Å². The molecule has 0 spiro atoms. The standard InChI is InChI=1S/C16H28N2O3/c1-19-9-4-7-18(8-10-20-2)13-15-11-14(12-17)5-6-16(15)21-3/h5-6,11H,4,7-10,12-13,17H2,1-3H3. The largest absolute Gasteiger partial charge is 0.496 e. The summed E-state index contributed by atoms with van der Waals surface area (Å²) in [5, 5.41) is 0. The summed E-state index contributed by atoms with van der Waals surface area (Å²) in [5.41, 5.74) is 8.01. The van der Waals surface area contributed by atoms with E-state index in [1.54, 1.807) is 21.3 Å². The van der Waals surface area contributed by atoms with Gasteiger partial charge in [-0.3, -0.25) is 4.90 Å². The van der Waals surface area contributed by atoms with E-state index >= 15 is 0 Å². The average molecular weight is 296 g/mol. The molecule has 21 heavy (non-hydrogen) atoms. The van der Waals surface area contributed by atoms with Crippen LogP contribution in [-0.2, 0) is 22.6 Å². The highest BCUT2D eigenvalue weighted by Gasteiger charge is 2.10. The third-order valence-corrected chi connectivity index (χ3v) is 3.41. The molecular formula is C16H28N2O3. The second-order valence-corrected chi connectivity index (χ2v) is 4.97. The van der Waals surface area contributed by atoms with Gasteiger partial charge in [0.05, 0.1) is 13.7 Å². The van der Waals surface area contributed by atoms with Crippen LogP contribution < -0.4 is 10.5 Å². The van der Waals surface area contributed by atoms with Gasteiger partial charge >= 0.3 is 0 Å². The van der Waals surface area contributed by atoms with Gasteiger partial charge in [-0.05, 0) is 24.1 Å². The number of rotatable bonds is 11. The average Bonchev–Trinajstić information content (AvgIpc) is 2.52. The fourth-order valence-electron chi connectivity index (χ4n) is 2.25. The lowest BCUT2D eigenvalue weighted by molar-refractivity contribution is 0.128. The van der Waals surface area contributed by atoms with Crippen molar-refractivity contribution < 1.29 is 14.2 Å². The molecule has 0 aromatic heterocycles. The van der Waals surface area contributed by atoms with E-state index in [0.29, 0.717) is 13.2 Å². The van der Waals surface area contributed by atoms with Crippen molar-refractivity contribution in [2.75, 3.05) is 47.6 Å². The summed E-state index contributed by atoms with van der Waals surface area (Å²) in [6.07, 6.45) is 0.999. The minimum atomic E-state index is 0.540. The first kappa shape index (κ1) is 17.9. The van der Waals surface area contributed by atoms with Crippen LogP contribution in [0, 0.1) is 0 Å². The molecule has 0 radical (unpaired) electrons. The molecule has 1 aromatic rings. The van der Waals surface area contributed by atoms with E-state index in [-0.39, 0.29) is 0 Å². The zero-order valence-corrected chi connectivity index (χ0v) is 13.4. The highest BCUT2D eigenvalue weighted by molar-refractivity contribution is 5.37. The van der Waals surface area contributed by atoms with E-state index in [9.17, 15) is 0 Å². The van der Waals surface area contributed by atoms with Gasteiger partial charge in [0.1, 0.15) is 5.75 Å². The molecule has 0 amide bonds. The molecule has 0 saturated carbocycles. The molecule has 1 aromatic carbocycles. The van der Waals surface area contributed by atoms with E-state index in [4.69, 9.17) is 19.9 Å². The van der Waals surface area contributed by atoms with Gasteiger partial charge in [0.15, 0.2) is 0 Å². The summed E-state index contributed by atoms with van der Waals surface area (Å²) in [5.74, 6) is 0.904. The number of ether oxygens (including phenoxy) is 3. The lowest BCUT2D eigenvalue weighted by atomic mass is 10.1. The fourth-order valence-corrected chi connectivity index (χ4v) is 2.25. The van der Waals surface area contributed by atoms with Gasteiger partial charge in [-0.2, -0.15) is 0 Å². The Balaban J connectivity index is 2.74. The first-order valence-corrected chi connectivity index (χ1v) is 7.31. The summed E-state index contributed by atoms with van der Waals surface area (Å²) < 4.78 is 15.8. The number of methoxy groups -OCH3 is 3. The molecule has 0 aliphatic rings. The van der Waals surface area contributed by atoms with Crippen LogP contribution in [0.2, 0.25) is 0 Å². The molecule has 0 fully saturated rings. The van der Waals surface area contributed by atoms with Crippen molar-refractivity contribution in [2.24, 2.45) is 5.73 Å². The van der Waals surface area contributed by atoms with Crippen LogP contribution in [0.25, 0.3) is 0 Å². The van der Waals surface area contributed by atoms with Crippen LogP contribution >= 0.6 is 0 Å². The molecule has 0 bridgehead atoms. The number of hydrogen-bond donors (Lipinski definition) is 1. The van der Waals surface area contributed by atoms with Crippen molar-refractivity contribution in [1.82, 2.24) is 4.90 Å². The van der Waals surface area contributed by atoms with Gasteiger partial charge in [-0.1, -0.05) is 6.07 Å². The molecule has 0 saturated heterocycles. The molecule has 5 nitrogen and oxygen atoms in total. The first-order chi connectivity index (χ1) is 10.2. The SMILES string of the molecule is COCCCN(CCOC)Cc1cc(CN)ccc1OC. The van der Waals surface area contributed by atoms with Crippen LogP contribution in [0.5, 0.6) is 5.75 Å². The van der Waals surface area contributed by atoms with Gasteiger partial charge < -0.3 is 19.9 Å². The zero-order chi connectivity index (χ0) is 15.5. The summed E-state index contributed by atoms with van der Waals surface area (Å²) in [6.45, 7) is 4.70. The summed E-state index contributed by atoms with van der Waals surface area (Å²) in [4.78, 5) is 2.35. The zero-order valence-electron chi connectivity index (χ0n) is 13.4. The van der Waals surface area contributed by atoms with E-state index in [2.05, 4.69) is 11.0 Å². The molecular weight excluding hydrogens is 268 g/mol. The Morgan fingerprint density at radius 3 is 2.43 bits per heavy atom. The highest BCUT2D eigenvalue weighted by atomic mass is 16.5. The molecule has 120 valence electrons. The third-order valence-electron chi connectivity index (χ3n) is 3.41. The minimum absolute atomic E-state index is 0.540. The lowest BCUT2D eigenvalue weighted by Crippen LogP contribution is -2.29. The van der Waals surface area contributed by atoms with Crippen molar-refractivity contribution in [1.29, 1.82) is 0 Å². The van der Waals surface area contributed by atoms with Crippen molar-refractivity contribution in [3.63, 3.8) is 0 Å². The summed E-state index contributed by atoms with van der Waals surface area (Å²) in [7, 11) is 5.15. The van der Waals surface area contributed by atoms with Gasteiger partial charge in [-0.25, -0.2) is 0 Å². The maximum absolute atomic E-state index is 5.73. The van der Waals surface area contributed by atoms with Crippen molar-refractivity contribution in [3.8, 4) is 5.75 Å². The number of benzene rings is 1. The van der Waals surface area contributed by atoms with Crippen molar-refractivity contribution in [3.05, 3.63) is 29.3 Å². The number of nitrogens with two attached hydrogens (primary N) is 1. The predicted molar refractivity (Wildman–Crippen MR) is 84.5 cm³/mol. The Morgan fingerprint density at radius 2 is 1.81 bits per heavy atom. The molecule has 0 aliphatic carbocycles. The minimum Gasteiger partial charge on any atom is -0.496 e. The fraction of sp³-hybridized carbons (Fsp3) is 0.625. The lowest BCUT2D eigenvalue weighted by Gasteiger charge is -2.23. The Hall–Kier alpha value is -1.14. The molecule has 0 unspecified atom stereocenters. The molecule has 0 heterocycles. The Labute approximate surface area is 128 Å². The topological polar surface area (TPSA) is 57.0 Å². The quantitative estimate of drug-likeness (QED) is 0.629. The predicted octanol–water partition coefficient (Wildman–Crippen LogP) is 1.64. The molecule has 5 heteroatoms. The van der Waals surface area contributed by atoms with Crippen LogP contribution in [0.1, 0.15) is 17.5 Å². The van der Waals surface area contributed by atoms with Gasteiger partial charge in [0.2, 0.25) is 0 Å². The monoisotopic (exact) mass is 296 g/mol. The smallest absolute Gasteiger partial charge is 0.123 e. The van der Waals surface area contributed by atoms with Crippen LogP contribution in [0.3, 0.4) is 0 Å². The summed E-state index contributed by atoms with van der Waals surface area (Å²) >= 11 is 0. The number of nitrogens with zero attached hydrogens (tertiary/aromatic N) is 1. The molecule has 2 N–H and O–H groups in total. The van der Waals surface area contributed by atoms with Gasteiger partial charge in [0, 0.05) is 52.6 Å². The Morgan fingerprint density at radius 1 is 1.05 bits per heavy atom. The van der Waals surface area contributed by atoms with Crippen LogP contribution in [0.15, 0.2) is 18.2 Å². The van der Waals surface area contributed by atoms with Crippen molar-refractivity contribution in [2.45, 2.75) is 19.5 Å². The van der Waals surface area contributed by atoms with Crippen LogP contribution in [-0.4, -0.2) is 52.5 Å². The molecule has 0 atom stereocenters. The van der Waals surface area contributed by atoms with Crippen LogP contribution in [0.4, 0.5) is 0 Å². The van der Waals surface area contributed by atoms with E-state index in [1.807, 2.05) is 12.1 Å². The Bertz CT molecular complexity index is 399. The second-order valence-electron chi connectivity index (χ2n) is 4.97. The van der Waals surface area contributed by atoms with E-state index in [1.165, 1.54) is 0 Å². The van der Waals surface area contributed by atoms with Gasteiger partial charge in [-0.15, -0.1) is 0 Å². The molecule has 0 aliphatic heterocycles. The van der Waals surface area contributed by atoms with E-state index in [0.717, 1.165) is 49.5 Å². The number of hydrogen-bond acceptors (Lipinski definition) is 5. The second kappa shape index (κ2) is 10.6.